The maximum Gasteiger partial charge on any atom is 0.107 e. The van der Waals surface area contributed by atoms with E-state index in [2.05, 4.69) is 41.8 Å². The molecular formula is C12H21BrN2O. The van der Waals surface area contributed by atoms with E-state index in [0.29, 0.717) is 6.42 Å². The lowest BCUT2D eigenvalue weighted by Crippen LogP contribution is -2.29. The summed E-state index contributed by atoms with van der Waals surface area (Å²) in [5.74, 6) is 0. The van der Waals surface area contributed by atoms with Crippen molar-refractivity contribution in [2.75, 3.05) is 0 Å². The maximum atomic E-state index is 10.7. The van der Waals surface area contributed by atoms with Gasteiger partial charge in [0.15, 0.2) is 0 Å². The molecule has 4 heteroatoms. The second-order valence-corrected chi connectivity index (χ2v) is 5.37. The van der Waals surface area contributed by atoms with Gasteiger partial charge in [-0.25, -0.2) is 0 Å². The van der Waals surface area contributed by atoms with Crippen LogP contribution < -0.4 is 0 Å². The minimum Gasteiger partial charge on any atom is -0.384 e. The van der Waals surface area contributed by atoms with Crippen molar-refractivity contribution in [2.45, 2.75) is 58.6 Å². The van der Waals surface area contributed by atoms with E-state index in [9.17, 15) is 5.11 Å². The summed E-state index contributed by atoms with van der Waals surface area (Å²) in [4.78, 5) is 0. The Labute approximate surface area is 106 Å². The highest BCUT2D eigenvalue weighted by Crippen LogP contribution is 2.36. The smallest absolute Gasteiger partial charge is 0.107 e. The summed E-state index contributed by atoms with van der Waals surface area (Å²) in [7, 11) is 0. The molecule has 0 aliphatic carbocycles. The molecule has 0 radical (unpaired) electrons. The highest BCUT2D eigenvalue weighted by molar-refractivity contribution is 9.10. The van der Waals surface area contributed by atoms with E-state index in [1.54, 1.807) is 6.20 Å². The molecule has 1 aromatic heterocycles. The molecule has 1 unspecified atom stereocenters. The summed E-state index contributed by atoms with van der Waals surface area (Å²) >= 11 is 3.49. The summed E-state index contributed by atoms with van der Waals surface area (Å²) in [5, 5.41) is 15.0. The van der Waals surface area contributed by atoms with Gasteiger partial charge in [0.05, 0.1) is 16.4 Å². The van der Waals surface area contributed by atoms with Gasteiger partial charge in [0.2, 0.25) is 0 Å². The summed E-state index contributed by atoms with van der Waals surface area (Å²) in [6, 6.07) is 0.260. The van der Waals surface area contributed by atoms with Gasteiger partial charge in [0.25, 0.3) is 0 Å². The van der Waals surface area contributed by atoms with Crippen LogP contribution in [0.5, 0.6) is 0 Å². The standard InChI is InChI=1S/C12H21BrN2O/c1-5-7-12(16,6-2)11-10(13)8-14-15(11)9(3)4/h8-9,16H,5-7H2,1-4H3. The highest BCUT2D eigenvalue weighted by atomic mass is 79.9. The molecule has 0 aliphatic rings. The number of hydrogen-bond acceptors (Lipinski definition) is 2. The number of nitrogens with zero attached hydrogens (tertiary/aromatic N) is 2. The first-order chi connectivity index (χ1) is 7.46. The molecule has 0 aliphatic heterocycles. The molecule has 1 heterocycles. The minimum absolute atomic E-state index is 0.260. The predicted molar refractivity (Wildman–Crippen MR) is 69.4 cm³/mol. The Balaban J connectivity index is 3.22. The van der Waals surface area contributed by atoms with Crippen molar-refractivity contribution in [1.29, 1.82) is 0 Å². The van der Waals surface area contributed by atoms with Crippen LogP contribution in [0.25, 0.3) is 0 Å². The van der Waals surface area contributed by atoms with Gasteiger partial charge in [-0.1, -0.05) is 20.3 Å². The molecule has 1 atom stereocenters. The molecule has 1 rings (SSSR count). The molecule has 0 saturated heterocycles. The molecular weight excluding hydrogens is 268 g/mol. The van der Waals surface area contributed by atoms with Crippen LogP contribution in [0.4, 0.5) is 0 Å². The summed E-state index contributed by atoms with van der Waals surface area (Å²) in [6.45, 7) is 8.25. The Bertz CT molecular complexity index is 349. The second-order valence-electron chi connectivity index (χ2n) is 4.51. The summed E-state index contributed by atoms with van der Waals surface area (Å²) < 4.78 is 2.81. The highest BCUT2D eigenvalue weighted by Gasteiger charge is 2.33. The number of hydrogen-bond donors (Lipinski definition) is 1. The molecule has 1 N–H and O–H groups in total. The Hall–Kier alpha value is -0.350. The number of aliphatic hydroxyl groups is 1. The first-order valence-corrected chi connectivity index (χ1v) is 6.71. The summed E-state index contributed by atoms with van der Waals surface area (Å²) in [6.07, 6.45) is 4.20. The monoisotopic (exact) mass is 288 g/mol. The maximum absolute atomic E-state index is 10.7. The fourth-order valence-corrected chi connectivity index (χ4v) is 2.69. The predicted octanol–water partition coefficient (Wildman–Crippen LogP) is 3.62. The third-order valence-corrected chi connectivity index (χ3v) is 3.51. The van der Waals surface area contributed by atoms with Gasteiger partial charge < -0.3 is 5.11 Å². The first-order valence-electron chi connectivity index (χ1n) is 5.92. The lowest BCUT2D eigenvalue weighted by Gasteiger charge is -2.29. The second kappa shape index (κ2) is 5.32. The zero-order chi connectivity index (χ0) is 12.3. The van der Waals surface area contributed by atoms with Gasteiger partial charge in [-0.15, -0.1) is 0 Å². The van der Waals surface area contributed by atoms with E-state index in [-0.39, 0.29) is 6.04 Å². The van der Waals surface area contributed by atoms with E-state index in [4.69, 9.17) is 0 Å². The quantitative estimate of drug-likeness (QED) is 0.899. The van der Waals surface area contributed by atoms with E-state index >= 15 is 0 Å². The first kappa shape index (κ1) is 13.7. The molecule has 0 spiro atoms. The largest absolute Gasteiger partial charge is 0.384 e. The minimum atomic E-state index is -0.769. The average Bonchev–Trinajstić information content (AvgIpc) is 2.61. The molecule has 16 heavy (non-hydrogen) atoms. The van der Waals surface area contributed by atoms with Crippen molar-refractivity contribution in [1.82, 2.24) is 9.78 Å². The van der Waals surface area contributed by atoms with Crippen molar-refractivity contribution in [3.05, 3.63) is 16.4 Å². The van der Waals surface area contributed by atoms with E-state index in [1.165, 1.54) is 0 Å². The molecule has 0 fully saturated rings. The molecule has 0 aromatic carbocycles. The zero-order valence-electron chi connectivity index (χ0n) is 10.5. The van der Waals surface area contributed by atoms with Crippen LogP contribution in [-0.4, -0.2) is 14.9 Å². The van der Waals surface area contributed by atoms with Crippen LogP contribution in [0.15, 0.2) is 10.7 Å². The van der Waals surface area contributed by atoms with E-state index in [1.807, 2.05) is 11.6 Å². The Morgan fingerprint density at radius 2 is 2.12 bits per heavy atom. The van der Waals surface area contributed by atoms with Crippen LogP contribution in [0.1, 0.15) is 58.7 Å². The van der Waals surface area contributed by atoms with Crippen molar-refractivity contribution >= 4 is 15.9 Å². The lowest BCUT2D eigenvalue weighted by atomic mass is 9.91. The van der Waals surface area contributed by atoms with Crippen molar-refractivity contribution in [3.63, 3.8) is 0 Å². The third-order valence-electron chi connectivity index (χ3n) is 2.93. The third kappa shape index (κ3) is 2.48. The van der Waals surface area contributed by atoms with Gasteiger partial charge in [-0.3, -0.25) is 4.68 Å². The molecule has 0 saturated carbocycles. The Kier molecular flexibility index (Phi) is 4.56. The van der Waals surface area contributed by atoms with Gasteiger partial charge in [0, 0.05) is 6.04 Å². The topological polar surface area (TPSA) is 38.1 Å². The fourth-order valence-electron chi connectivity index (χ4n) is 2.04. The van der Waals surface area contributed by atoms with Crippen molar-refractivity contribution in [2.24, 2.45) is 0 Å². The molecule has 92 valence electrons. The van der Waals surface area contributed by atoms with E-state index in [0.717, 1.165) is 23.0 Å². The molecule has 0 bridgehead atoms. The Morgan fingerprint density at radius 1 is 1.50 bits per heavy atom. The Morgan fingerprint density at radius 3 is 2.56 bits per heavy atom. The van der Waals surface area contributed by atoms with Crippen molar-refractivity contribution in [3.8, 4) is 0 Å². The molecule has 0 amide bonds. The lowest BCUT2D eigenvalue weighted by molar-refractivity contribution is 0.0119. The number of halogens is 1. The fraction of sp³-hybridized carbons (Fsp3) is 0.750. The zero-order valence-corrected chi connectivity index (χ0v) is 12.1. The van der Waals surface area contributed by atoms with Crippen molar-refractivity contribution < 1.29 is 5.11 Å². The SMILES string of the molecule is CCCC(O)(CC)c1c(Br)cnn1C(C)C. The van der Waals surface area contributed by atoms with Gasteiger partial charge in [0.1, 0.15) is 5.60 Å². The number of aromatic nitrogens is 2. The van der Waals surface area contributed by atoms with Crippen LogP contribution in [0.3, 0.4) is 0 Å². The van der Waals surface area contributed by atoms with Gasteiger partial charge >= 0.3 is 0 Å². The van der Waals surface area contributed by atoms with Crippen LogP contribution >= 0.6 is 15.9 Å². The van der Waals surface area contributed by atoms with Crippen LogP contribution in [-0.2, 0) is 5.60 Å². The average molecular weight is 289 g/mol. The molecule has 3 nitrogen and oxygen atoms in total. The van der Waals surface area contributed by atoms with Crippen LogP contribution in [0, 0.1) is 0 Å². The summed E-state index contributed by atoms with van der Waals surface area (Å²) in [5.41, 5.74) is 0.140. The van der Waals surface area contributed by atoms with Gasteiger partial charge in [-0.05, 0) is 42.6 Å². The normalized spacial score (nSPS) is 15.4. The molecule has 1 aromatic rings. The van der Waals surface area contributed by atoms with Gasteiger partial charge in [-0.2, -0.15) is 5.10 Å². The number of rotatable bonds is 5. The van der Waals surface area contributed by atoms with E-state index < -0.39 is 5.60 Å². The van der Waals surface area contributed by atoms with Crippen LogP contribution in [0.2, 0.25) is 0 Å².